The van der Waals surface area contributed by atoms with Crippen molar-refractivity contribution in [2.24, 2.45) is 0 Å². The van der Waals surface area contributed by atoms with E-state index in [1.54, 1.807) is 0 Å². The van der Waals surface area contributed by atoms with Crippen LogP contribution in [0.5, 0.6) is 0 Å². The average molecular weight is 259 g/mol. The number of rotatable bonds is 3. The summed E-state index contributed by atoms with van der Waals surface area (Å²) in [5.74, 6) is 0. The molecule has 0 spiro atoms. The summed E-state index contributed by atoms with van der Waals surface area (Å²) in [5.41, 5.74) is 4.81. The number of allylic oxidation sites excluding steroid dienone is 5. The van der Waals surface area contributed by atoms with Crippen LogP contribution in [0.3, 0.4) is 0 Å². The average Bonchev–Trinajstić information content (AvgIpc) is 2.75. The van der Waals surface area contributed by atoms with Gasteiger partial charge in [-0.15, -0.1) is 0 Å². The largest absolute Gasteiger partial charge is 0.359 e. The Balaban J connectivity index is 1.87. The summed E-state index contributed by atoms with van der Waals surface area (Å²) in [5, 5.41) is 3.49. The van der Waals surface area contributed by atoms with Crippen molar-refractivity contribution in [2.75, 3.05) is 5.32 Å². The lowest BCUT2D eigenvalue weighted by Gasteiger charge is -2.10. The fraction of sp³-hybridized carbons (Fsp3) is 0.0526. The Bertz CT molecular complexity index is 649. The summed E-state index contributed by atoms with van der Waals surface area (Å²) in [7, 11) is 0. The Morgan fingerprint density at radius 1 is 0.800 bits per heavy atom. The molecule has 0 aliphatic heterocycles. The lowest BCUT2D eigenvalue weighted by atomic mass is 10.0. The molecule has 2 aromatic rings. The van der Waals surface area contributed by atoms with Crippen LogP contribution in [0.4, 0.5) is 5.69 Å². The van der Waals surface area contributed by atoms with Gasteiger partial charge in [-0.25, -0.2) is 0 Å². The third-order valence-corrected chi connectivity index (χ3v) is 3.27. The number of benzene rings is 2. The van der Waals surface area contributed by atoms with Crippen molar-refractivity contribution >= 4 is 11.3 Å². The minimum absolute atomic E-state index is 0.918. The van der Waals surface area contributed by atoms with E-state index in [0.29, 0.717) is 0 Å². The van der Waals surface area contributed by atoms with Crippen molar-refractivity contribution in [1.29, 1.82) is 0 Å². The van der Waals surface area contributed by atoms with Crippen molar-refractivity contribution in [2.45, 2.75) is 6.42 Å². The van der Waals surface area contributed by atoms with E-state index < -0.39 is 0 Å². The summed E-state index contributed by atoms with van der Waals surface area (Å²) in [6.45, 7) is 0. The molecular weight excluding hydrogens is 242 g/mol. The molecule has 1 aliphatic carbocycles. The zero-order valence-electron chi connectivity index (χ0n) is 11.3. The maximum absolute atomic E-state index is 3.49. The lowest BCUT2D eigenvalue weighted by molar-refractivity contribution is 1.22. The Kier molecular flexibility index (Phi) is 3.79. The molecule has 0 aromatic heterocycles. The fourth-order valence-corrected chi connectivity index (χ4v) is 2.27. The third kappa shape index (κ3) is 3.07. The number of hydrogen-bond donors (Lipinski definition) is 1. The molecule has 98 valence electrons. The van der Waals surface area contributed by atoms with Crippen LogP contribution >= 0.6 is 0 Å². The van der Waals surface area contributed by atoms with Gasteiger partial charge < -0.3 is 5.32 Å². The van der Waals surface area contributed by atoms with Gasteiger partial charge in [-0.1, -0.05) is 66.8 Å². The number of anilines is 1. The second-order valence-electron chi connectivity index (χ2n) is 4.78. The van der Waals surface area contributed by atoms with Gasteiger partial charge in [0.25, 0.3) is 0 Å². The second kappa shape index (κ2) is 6.07. The summed E-state index contributed by atoms with van der Waals surface area (Å²) in [6, 6.07) is 20.8. The van der Waals surface area contributed by atoms with Gasteiger partial charge in [-0.3, -0.25) is 0 Å². The first-order valence-corrected chi connectivity index (χ1v) is 6.87. The first-order valence-electron chi connectivity index (χ1n) is 6.87. The maximum Gasteiger partial charge on any atom is 0.0381 e. The zero-order valence-corrected chi connectivity index (χ0v) is 11.3. The normalized spacial score (nSPS) is 14.2. The van der Waals surface area contributed by atoms with Gasteiger partial charge in [-0.2, -0.15) is 0 Å². The minimum Gasteiger partial charge on any atom is -0.359 e. The quantitative estimate of drug-likeness (QED) is 0.815. The summed E-state index contributed by atoms with van der Waals surface area (Å²) in [6.07, 6.45) is 9.61. The minimum atomic E-state index is 0.918. The number of nitrogens with one attached hydrogen (secondary N) is 1. The first-order chi connectivity index (χ1) is 9.92. The molecule has 20 heavy (non-hydrogen) atoms. The molecule has 1 heteroatoms. The first kappa shape index (κ1) is 12.5. The van der Waals surface area contributed by atoms with Crippen LogP contribution in [0.2, 0.25) is 0 Å². The summed E-state index contributed by atoms with van der Waals surface area (Å²) < 4.78 is 0. The van der Waals surface area contributed by atoms with E-state index in [2.05, 4.69) is 66.0 Å². The molecule has 0 saturated heterocycles. The molecule has 0 saturated carbocycles. The van der Waals surface area contributed by atoms with E-state index in [1.807, 2.05) is 24.3 Å². The molecular formula is C19H17N. The molecule has 1 aliphatic rings. The van der Waals surface area contributed by atoms with E-state index in [1.165, 1.54) is 16.8 Å². The van der Waals surface area contributed by atoms with Crippen LogP contribution in [0, 0.1) is 0 Å². The smallest absolute Gasteiger partial charge is 0.0381 e. The highest BCUT2D eigenvalue weighted by molar-refractivity contribution is 5.77. The van der Waals surface area contributed by atoms with Crippen molar-refractivity contribution in [3.05, 3.63) is 96.2 Å². The predicted octanol–water partition coefficient (Wildman–Crippen LogP) is 5.03. The molecule has 0 unspecified atom stereocenters. The second-order valence-corrected chi connectivity index (χ2v) is 4.78. The van der Waals surface area contributed by atoms with E-state index in [-0.39, 0.29) is 0 Å². The van der Waals surface area contributed by atoms with Gasteiger partial charge in [0.1, 0.15) is 0 Å². The summed E-state index contributed by atoms with van der Waals surface area (Å²) in [4.78, 5) is 0. The molecule has 0 bridgehead atoms. The molecule has 1 N–H and O–H groups in total. The van der Waals surface area contributed by atoms with E-state index in [4.69, 9.17) is 0 Å². The van der Waals surface area contributed by atoms with Crippen LogP contribution in [0.1, 0.15) is 12.0 Å². The Hall–Kier alpha value is -2.54. The van der Waals surface area contributed by atoms with Crippen molar-refractivity contribution in [1.82, 2.24) is 0 Å². The Labute approximate surface area is 120 Å². The highest BCUT2D eigenvalue weighted by Gasteiger charge is 2.03. The van der Waals surface area contributed by atoms with Crippen LogP contribution in [-0.2, 0) is 0 Å². The van der Waals surface area contributed by atoms with E-state index >= 15 is 0 Å². The molecule has 0 amide bonds. The molecule has 3 rings (SSSR count). The molecule has 0 radical (unpaired) electrons. The van der Waals surface area contributed by atoms with Gasteiger partial charge >= 0.3 is 0 Å². The topological polar surface area (TPSA) is 12.0 Å². The predicted molar refractivity (Wildman–Crippen MR) is 86.3 cm³/mol. The maximum atomic E-state index is 3.49. The van der Waals surface area contributed by atoms with E-state index in [9.17, 15) is 0 Å². The number of hydrogen-bond acceptors (Lipinski definition) is 1. The van der Waals surface area contributed by atoms with E-state index in [0.717, 1.165) is 12.1 Å². The standard InChI is InChI=1S/C19H17N/c1-3-9-16(10-4-1)17-11-7-8-14-19(15-17)20-18-12-5-2-6-13-18/h1-13,15,20H,14H2. The number of para-hydroxylation sites is 1. The van der Waals surface area contributed by atoms with Crippen molar-refractivity contribution < 1.29 is 0 Å². The van der Waals surface area contributed by atoms with Crippen LogP contribution in [0.15, 0.2) is 90.7 Å². The van der Waals surface area contributed by atoms with Gasteiger partial charge in [0.05, 0.1) is 0 Å². The zero-order chi connectivity index (χ0) is 13.6. The van der Waals surface area contributed by atoms with Gasteiger partial charge in [0.15, 0.2) is 0 Å². The Morgan fingerprint density at radius 3 is 2.25 bits per heavy atom. The van der Waals surface area contributed by atoms with Crippen molar-refractivity contribution in [3.8, 4) is 0 Å². The molecule has 2 aromatic carbocycles. The third-order valence-electron chi connectivity index (χ3n) is 3.27. The van der Waals surface area contributed by atoms with Crippen LogP contribution < -0.4 is 5.32 Å². The fourth-order valence-electron chi connectivity index (χ4n) is 2.27. The lowest BCUT2D eigenvalue weighted by Crippen LogP contribution is -1.98. The highest BCUT2D eigenvalue weighted by Crippen LogP contribution is 2.22. The van der Waals surface area contributed by atoms with Crippen molar-refractivity contribution in [3.63, 3.8) is 0 Å². The highest BCUT2D eigenvalue weighted by atomic mass is 14.9. The monoisotopic (exact) mass is 259 g/mol. The SMILES string of the molecule is C1=CCC(Nc2ccccc2)=CC(c2ccccc2)=C1. The molecule has 0 heterocycles. The van der Waals surface area contributed by atoms with Crippen LogP contribution in [-0.4, -0.2) is 0 Å². The van der Waals surface area contributed by atoms with Crippen LogP contribution in [0.25, 0.3) is 5.57 Å². The molecule has 0 atom stereocenters. The summed E-state index contributed by atoms with van der Waals surface area (Å²) >= 11 is 0. The van der Waals surface area contributed by atoms with Gasteiger partial charge in [0, 0.05) is 17.8 Å². The Morgan fingerprint density at radius 2 is 1.50 bits per heavy atom. The molecule has 1 nitrogen and oxygen atoms in total. The molecule has 0 fully saturated rings. The van der Waals surface area contributed by atoms with Gasteiger partial charge in [0.2, 0.25) is 0 Å². The van der Waals surface area contributed by atoms with Gasteiger partial charge in [-0.05, 0) is 29.3 Å².